The van der Waals surface area contributed by atoms with Crippen LogP contribution in [0.1, 0.15) is 42.4 Å². The number of benzene rings is 2. The van der Waals surface area contributed by atoms with Gasteiger partial charge in [-0.15, -0.1) is 10.2 Å². The Kier molecular flexibility index (Phi) is 5.79. The first kappa shape index (κ1) is 20.1. The molecule has 1 aliphatic rings. The smallest absolute Gasteiger partial charge is 0.255 e. The molecular formula is C23H26FN5O. The number of halogens is 1. The number of hydrogen-bond donors (Lipinski definition) is 1. The summed E-state index contributed by atoms with van der Waals surface area (Å²) in [5, 5.41) is 11.3. The van der Waals surface area contributed by atoms with Crippen LogP contribution in [0.5, 0.6) is 0 Å². The number of anilines is 2. The Morgan fingerprint density at radius 2 is 1.93 bits per heavy atom. The van der Waals surface area contributed by atoms with Crippen molar-refractivity contribution in [1.29, 1.82) is 0 Å². The summed E-state index contributed by atoms with van der Waals surface area (Å²) >= 11 is 0. The van der Waals surface area contributed by atoms with Crippen molar-refractivity contribution in [3.8, 4) is 11.4 Å². The number of rotatable bonds is 5. The molecule has 156 valence electrons. The Hall–Kier alpha value is -3.22. The third-order valence-electron chi connectivity index (χ3n) is 5.63. The van der Waals surface area contributed by atoms with Gasteiger partial charge in [0.2, 0.25) is 0 Å². The van der Waals surface area contributed by atoms with Crippen molar-refractivity contribution < 1.29 is 9.18 Å². The Labute approximate surface area is 175 Å². The fourth-order valence-corrected chi connectivity index (χ4v) is 3.70. The first-order valence-corrected chi connectivity index (χ1v) is 10.4. The zero-order valence-corrected chi connectivity index (χ0v) is 17.4. The number of nitrogens with one attached hydrogen (secondary N) is 1. The molecule has 1 N–H and O–H groups in total. The molecule has 1 aliphatic heterocycles. The minimum absolute atomic E-state index is 0.137. The lowest BCUT2D eigenvalue weighted by molar-refractivity contribution is 0.102. The summed E-state index contributed by atoms with van der Waals surface area (Å²) in [5.74, 6) is 0.853. The number of amides is 1. The second-order valence-electron chi connectivity index (χ2n) is 7.61. The number of aryl methyl sites for hydroxylation is 1. The zero-order valence-electron chi connectivity index (χ0n) is 17.4. The van der Waals surface area contributed by atoms with Crippen LogP contribution in [0.3, 0.4) is 0 Å². The van der Waals surface area contributed by atoms with Crippen LogP contribution in [0.4, 0.5) is 15.8 Å². The standard InChI is InChI=1S/C23H26FN5O/c1-3-28(2)18-11-8-16(9-12-18)23(30)25-20-15-17(10-13-19(20)24)22-27-26-21-7-5-4-6-14-29(21)22/h8-13,15H,3-7,14H2,1-2H3,(H,25,30). The highest BCUT2D eigenvalue weighted by Gasteiger charge is 2.18. The van der Waals surface area contributed by atoms with E-state index >= 15 is 0 Å². The lowest BCUT2D eigenvalue weighted by atomic mass is 10.1. The quantitative estimate of drug-likeness (QED) is 0.676. The van der Waals surface area contributed by atoms with Crippen LogP contribution in [0, 0.1) is 5.82 Å². The van der Waals surface area contributed by atoms with E-state index in [0.29, 0.717) is 11.4 Å². The predicted molar refractivity (Wildman–Crippen MR) is 116 cm³/mol. The molecule has 0 aliphatic carbocycles. The van der Waals surface area contributed by atoms with E-state index in [0.717, 1.165) is 49.4 Å². The average Bonchev–Trinajstić information content (AvgIpc) is 3.02. The van der Waals surface area contributed by atoms with E-state index in [1.807, 2.05) is 19.2 Å². The summed E-state index contributed by atoms with van der Waals surface area (Å²) in [6.45, 7) is 3.79. The van der Waals surface area contributed by atoms with Gasteiger partial charge in [-0.3, -0.25) is 4.79 Å². The lowest BCUT2D eigenvalue weighted by Crippen LogP contribution is -2.16. The highest BCUT2D eigenvalue weighted by Crippen LogP contribution is 2.27. The fourth-order valence-electron chi connectivity index (χ4n) is 3.70. The summed E-state index contributed by atoms with van der Waals surface area (Å²) < 4.78 is 16.5. The van der Waals surface area contributed by atoms with Crippen molar-refractivity contribution in [1.82, 2.24) is 14.8 Å². The third kappa shape index (κ3) is 4.06. The van der Waals surface area contributed by atoms with Gasteiger partial charge in [-0.05, 0) is 62.2 Å². The maximum Gasteiger partial charge on any atom is 0.255 e. The monoisotopic (exact) mass is 407 g/mol. The van der Waals surface area contributed by atoms with Gasteiger partial charge in [-0.25, -0.2) is 4.39 Å². The van der Waals surface area contributed by atoms with Gasteiger partial charge >= 0.3 is 0 Å². The second-order valence-corrected chi connectivity index (χ2v) is 7.61. The van der Waals surface area contributed by atoms with Gasteiger partial charge in [0.25, 0.3) is 5.91 Å². The van der Waals surface area contributed by atoms with Crippen LogP contribution in [-0.2, 0) is 13.0 Å². The zero-order chi connectivity index (χ0) is 21.1. The summed E-state index contributed by atoms with van der Waals surface area (Å²) in [7, 11) is 1.99. The fraction of sp³-hybridized carbons (Fsp3) is 0.348. The summed E-state index contributed by atoms with van der Waals surface area (Å²) in [6.07, 6.45) is 4.25. The number of aromatic nitrogens is 3. The molecule has 0 bridgehead atoms. The molecule has 6 nitrogen and oxygen atoms in total. The van der Waals surface area contributed by atoms with Crippen LogP contribution in [0.2, 0.25) is 0 Å². The SMILES string of the molecule is CCN(C)c1ccc(C(=O)Nc2cc(-c3nnc4n3CCCCC4)ccc2F)cc1. The molecule has 3 aromatic rings. The molecule has 0 fully saturated rings. The van der Waals surface area contributed by atoms with Gasteiger partial charge in [0.1, 0.15) is 11.6 Å². The topological polar surface area (TPSA) is 63.1 Å². The molecule has 7 heteroatoms. The van der Waals surface area contributed by atoms with E-state index in [1.54, 1.807) is 24.3 Å². The van der Waals surface area contributed by atoms with E-state index < -0.39 is 5.82 Å². The minimum atomic E-state index is -0.481. The van der Waals surface area contributed by atoms with E-state index in [-0.39, 0.29) is 11.6 Å². The van der Waals surface area contributed by atoms with E-state index in [1.165, 1.54) is 12.5 Å². The van der Waals surface area contributed by atoms with Crippen molar-refractivity contribution in [3.63, 3.8) is 0 Å². The Bertz CT molecular complexity index is 1040. The molecule has 0 spiro atoms. The average molecular weight is 407 g/mol. The summed E-state index contributed by atoms with van der Waals surface area (Å²) in [4.78, 5) is 14.7. The molecule has 2 aromatic carbocycles. The summed E-state index contributed by atoms with van der Waals surface area (Å²) in [5.41, 5.74) is 2.38. The highest BCUT2D eigenvalue weighted by atomic mass is 19.1. The van der Waals surface area contributed by atoms with Crippen molar-refractivity contribution in [3.05, 3.63) is 59.7 Å². The lowest BCUT2D eigenvalue weighted by Gasteiger charge is -2.17. The van der Waals surface area contributed by atoms with E-state index in [9.17, 15) is 9.18 Å². The Morgan fingerprint density at radius 1 is 1.13 bits per heavy atom. The van der Waals surface area contributed by atoms with E-state index in [4.69, 9.17) is 0 Å². The van der Waals surface area contributed by atoms with Crippen LogP contribution in [0.25, 0.3) is 11.4 Å². The van der Waals surface area contributed by atoms with Crippen molar-refractivity contribution >= 4 is 17.3 Å². The molecule has 2 heterocycles. The van der Waals surface area contributed by atoms with Gasteiger partial charge in [0, 0.05) is 43.4 Å². The maximum atomic E-state index is 14.4. The molecule has 0 saturated heterocycles. The minimum Gasteiger partial charge on any atom is -0.375 e. The molecule has 4 rings (SSSR count). The predicted octanol–water partition coefficient (Wildman–Crippen LogP) is 4.52. The molecular weight excluding hydrogens is 381 g/mol. The van der Waals surface area contributed by atoms with Crippen molar-refractivity contribution in [2.24, 2.45) is 0 Å². The number of carbonyl (C=O) groups is 1. The Balaban J connectivity index is 1.57. The Morgan fingerprint density at radius 3 is 2.70 bits per heavy atom. The summed E-state index contributed by atoms with van der Waals surface area (Å²) in [6, 6.07) is 11.9. The van der Waals surface area contributed by atoms with E-state index in [2.05, 4.69) is 31.9 Å². The molecule has 0 radical (unpaired) electrons. The van der Waals surface area contributed by atoms with Crippen molar-refractivity contribution in [2.75, 3.05) is 23.8 Å². The van der Waals surface area contributed by atoms with Crippen molar-refractivity contribution in [2.45, 2.75) is 39.2 Å². The normalized spacial score (nSPS) is 13.4. The first-order valence-electron chi connectivity index (χ1n) is 10.4. The molecule has 1 aromatic heterocycles. The number of carbonyl (C=O) groups excluding carboxylic acids is 1. The van der Waals surface area contributed by atoms with Crippen LogP contribution in [0.15, 0.2) is 42.5 Å². The van der Waals surface area contributed by atoms with Crippen LogP contribution in [-0.4, -0.2) is 34.3 Å². The maximum absolute atomic E-state index is 14.4. The third-order valence-corrected chi connectivity index (χ3v) is 5.63. The number of nitrogens with zero attached hydrogens (tertiary/aromatic N) is 4. The molecule has 1 amide bonds. The highest BCUT2D eigenvalue weighted by molar-refractivity contribution is 6.04. The van der Waals surface area contributed by atoms with Crippen LogP contribution < -0.4 is 10.2 Å². The molecule has 0 saturated carbocycles. The van der Waals surface area contributed by atoms with Crippen LogP contribution >= 0.6 is 0 Å². The van der Waals surface area contributed by atoms with Gasteiger partial charge in [-0.2, -0.15) is 0 Å². The molecule has 0 unspecified atom stereocenters. The van der Waals surface area contributed by atoms with Gasteiger partial charge in [0.05, 0.1) is 5.69 Å². The van der Waals surface area contributed by atoms with Gasteiger partial charge in [0.15, 0.2) is 5.82 Å². The second kappa shape index (κ2) is 8.65. The first-order chi connectivity index (χ1) is 14.6. The number of fused-ring (bicyclic) bond motifs is 1. The molecule has 30 heavy (non-hydrogen) atoms. The van der Waals surface area contributed by atoms with Gasteiger partial charge in [-0.1, -0.05) is 6.42 Å². The molecule has 0 atom stereocenters. The number of hydrogen-bond acceptors (Lipinski definition) is 4. The van der Waals surface area contributed by atoms with Gasteiger partial charge < -0.3 is 14.8 Å². The largest absolute Gasteiger partial charge is 0.375 e.